The summed E-state index contributed by atoms with van der Waals surface area (Å²) in [5.74, 6) is -1.37. The van der Waals surface area contributed by atoms with E-state index in [4.69, 9.17) is 0 Å². The molecule has 0 spiro atoms. The molecule has 0 radical (unpaired) electrons. The molecule has 0 aliphatic heterocycles. The third-order valence-corrected chi connectivity index (χ3v) is 4.12. The van der Waals surface area contributed by atoms with Gasteiger partial charge in [0.05, 0.1) is 5.69 Å². The molecule has 3 rings (SSSR count). The van der Waals surface area contributed by atoms with Crippen molar-refractivity contribution in [3.63, 3.8) is 0 Å². The van der Waals surface area contributed by atoms with Crippen molar-refractivity contribution in [2.24, 2.45) is 0 Å². The topological polar surface area (TPSA) is 55.6 Å². The number of nitrogens with one attached hydrogen (secondary N) is 1. The lowest BCUT2D eigenvalue weighted by Crippen LogP contribution is -2.32. The first kappa shape index (κ1) is 15.8. The molecular weight excluding hydrogens is 300 g/mol. The van der Waals surface area contributed by atoms with E-state index in [9.17, 15) is 8.78 Å². The van der Waals surface area contributed by atoms with Gasteiger partial charge in [-0.1, -0.05) is 0 Å². The van der Waals surface area contributed by atoms with Crippen molar-refractivity contribution in [1.82, 2.24) is 19.7 Å². The van der Waals surface area contributed by atoms with Crippen molar-refractivity contribution in [3.8, 4) is 5.82 Å². The lowest BCUT2D eigenvalue weighted by molar-refractivity contribution is -0.0361. The van der Waals surface area contributed by atoms with Crippen LogP contribution < -0.4 is 5.32 Å². The Kier molecular flexibility index (Phi) is 4.04. The van der Waals surface area contributed by atoms with Crippen LogP contribution in [0.3, 0.4) is 0 Å². The molecule has 2 aromatic heterocycles. The predicted molar refractivity (Wildman–Crippen MR) is 84.2 cm³/mol. The summed E-state index contributed by atoms with van der Waals surface area (Å²) in [7, 11) is 0. The van der Waals surface area contributed by atoms with Gasteiger partial charge in [0.1, 0.15) is 0 Å². The normalized spacial score (nSPS) is 18.1. The van der Waals surface area contributed by atoms with Gasteiger partial charge in [-0.05, 0) is 39.7 Å². The van der Waals surface area contributed by atoms with E-state index in [1.807, 2.05) is 32.9 Å². The quantitative estimate of drug-likeness (QED) is 0.939. The number of aryl methyl sites for hydroxylation is 3. The fourth-order valence-corrected chi connectivity index (χ4v) is 2.95. The molecule has 1 saturated carbocycles. The molecule has 0 atom stereocenters. The van der Waals surface area contributed by atoms with E-state index in [2.05, 4.69) is 20.4 Å². The number of halogens is 2. The Morgan fingerprint density at radius 3 is 2.39 bits per heavy atom. The zero-order valence-electron chi connectivity index (χ0n) is 13.6. The van der Waals surface area contributed by atoms with Gasteiger partial charge >= 0.3 is 0 Å². The number of rotatable bonds is 3. The molecule has 1 aliphatic rings. The highest BCUT2D eigenvalue weighted by Gasteiger charge is 2.35. The molecule has 1 N–H and O–H groups in total. The molecule has 124 valence electrons. The van der Waals surface area contributed by atoms with E-state index in [-0.39, 0.29) is 18.9 Å². The molecule has 0 aromatic carbocycles. The molecule has 1 fully saturated rings. The number of nitrogens with zero attached hydrogens (tertiary/aromatic N) is 4. The second-order valence-electron chi connectivity index (χ2n) is 6.30. The summed E-state index contributed by atoms with van der Waals surface area (Å²) in [6, 6.07) is 3.83. The fourth-order valence-electron chi connectivity index (χ4n) is 2.95. The predicted octanol–water partition coefficient (Wildman–Crippen LogP) is 3.58. The Bertz CT molecular complexity index is 700. The fraction of sp³-hybridized carbons (Fsp3) is 0.562. The van der Waals surface area contributed by atoms with Crippen LogP contribution >= 0.6 is 0 Å². The summed E-state index contributed by atoms with van der Waals surface area (Å²) in [4.78, 5) is 8.87. The summed E-state index contributed by atoms with van der Waals surface area (Å²) in [5.41, 5.74) is 2.72. The molecule has 2 aromatic rings. The standard InChI is InChI=1S/C16H21F2N5/c1-10-9-14(23-12(3)8-11(2)22-23)21-15(19-10)20-13-4-6-16(17,18)7-5-13/h8-9,13H,4-7H2,1-3H3,(H,19,20,21). The number of hydrogen-bond donors (Lipinski definition) is 1. The number of alkyl halides is 2. The van der Waals surface area contributed by atoms with Gasteiger partial charge in [-0.3, -0.25) is 0 Å². The Morgan fingerprint density at radius 1 is 1.09 bits per heavy atom. The molecule has 23 heavy (non-hydrogen) atoms. The van der Waals surface area contributed by atoms with Crippen LogP contribution in [0, 0.1) is 20.8 Å². The zero-order valence-corrected chi connectivity index (χ0v) is 13.6. The summed E-state index contributed by atoms with van der Waals surface area (Å²) >= 11 is 0. The third kappa shape index (κ3) is 3.65. The van der Waals surface area contributed by atoms with Crippen molar-refractivity contribution in [1.29, 1.82) is 0 Å². The summed E-state index contributed by atoms with van der Waals surface area (Å²) in [6.45, 7) is 5.78. The van der Waals surface area contributed by atoms with Crippen LogP contribution in [0.2, 0.25) is 0 Å². The van der Waals surface area contributed by atoms with Gasteiger partial charge in [-0.15, -0.1) is 0 Å². The highest BCUT2D eigenvalue weighted by Crippen LogP contribution is 2.33. The van der Waals surface area contributed by atoms with Crippen molar-refractivity contribution < 1.29 is 8.78 Å². The smallest absolute Gasteiger partial charge is 0.248 e. The van der Waals surface area contributed by atoms with Crippen LogP contribution in [-0.4, -0.2) is 31.7 Å². The molecule has 1 aliphatic carbocycles. The van der Waals surface area contributed by atoms with E-state index < -0.39 is 5.92 Å². The van der Waals surface area contributed by atoms with Gasteiger partial charge in [-0.2, -0.15) is 10.1 Å². The van der Waals surface area contributed by atoms with E-state index in [0.717, 1.165) is 17.1 Å². The molecule has 0 saturated heterocycles. The second-order valence-corrected chi connectivity index (χ2v) is 6.30. The summed E-state index contributed by atoms with van der Waals surface area (Å²) < 4.78 is 28.3. The minimum Gasteiger partial charge on any atom is -0.351 e. The maximum absolute atomic E-state index is 13.2. The average molecular weight is 321 g/mol. The van der Waals surface area contributed by atoms with Crippen molar-refractivity contribution >= 4 is 5.95 Å². The van der Waals surface area contributed by atoms with Crippen molar-refractivity contribution in [2.75, 3.05) is 5.32 Å². The minimum absolute atomic E-state index is 0.00951. The summed E-state index contributed by atoms with van der Waals surface area (Å²) in [6.07, 6.45) is 0.695. The lowest BCUT2D eigenvalue weighted by Gasteiger charge is -2.28. The van der Waals surface area contributed by atoms with Gasteiger partial charge in [0.25, 0.3) is 0 Å². The monoisotopic (exact) mass is 321 g/mol. The first-order valence-electron chi connectivity index (χ1n) is 7.86. The first-order chi connectivity index (χ1) is 10.8. The van der Waals surface area contributed by atoms with Crippen LogP contribution in [0.15, 0.2) is 12.1 Å². The molecule has 0 unspecified atom stereocenters. The molecule has 2 heterocycles. The molecule has 5 nitrogen and oxygen atoms in total. The van der Waals surface area contributed by atoms with Crippen LogP contribution in [0.4, 0.5) is 14.7 Å². The van der Waals surface area contributed by atoms with Crippen LogP contribution in [-0.2, 0) is 0 Å². The Hall–Kier alpha value is -2.05. The maximum Gasteiger partial charge on any atom is 0.248 e. The zero-order chi connectivity index (χ0) is 16.6. The Morgan fingerprint density at radius 2 is 1.78 bits per heavy atom. The van der Waals surface area contributed by atoms with E-state index in [0.29, 0.717) is 24.6 Å². The minimum atomic E-state index is -2.53. The van der Waals surface area contributed by atoms with Gasteiger partial charge in [-0.25, -0.2) is 18.4 Å². The van der Waals surface area contributed by atoms with E-state index >= 15 is 0 Å². The molecule has 0 amide bonds. The van der Waals surface area contributed by atoms with Crippen LogP contribution in [0.25, 0.3) is 5.82 Å². The number of aromatic nitrogens is 4. The first-order valence-corrected chi connectivity index (χ1v) is 7.86. The largest absolute Gasteiger partial charge is 0.351 e. The van der Waals surface area contributed by atoms with Crippen LogP contribution in [0.5, 0.6) is 0 Å². The average Bonchev–Trinajstić information content (AvgIpc) is 2.79. The van der Waals surface area contributed by atoms with Gasteiger partial charge in [0.15, 0.2) is 5.82 Å². The Labute approximate surface area is 134 Å². The SMILES string of the molecule is Cc1cc(-n2nc(C)cc2C)nc(NC2CCC(F)(F)CC2)n1. The van der Waals surface area contributed by atoms with Crippen LogP contribution in [0.1, 0.15) is 42.8 Å². The Balaban J connectivity index is 1.80. The lowest BCUT2D eigenvalue weighted by atomic mass is 9.92. The van der Waals surface area contributed by atoms with Crippen molar-refractivity contribution in [2.45, 2.75) is 58.4 Å². The second kappa shape index (κ2) is 5.86. The van der Waals surface area contributed by atoms with Gasteiger partial charge < -0.3 is 5.32 Å². The van der Waals surface area contributed by atoms with E-state index in [1.165, 1.54) is 0 Å². The number of hydrogen-bond acceptors (Lipinski definition) is 4. The highest BCUT2D eigenvalue weighted by molar-refractivity contribution is 5.36. The molecule has 7 heteroatoms. The molecule has 0 bridgehead atoms. The summed E-state index contributed by atoms with van der Waals surface area (Å²) in [5, 5.41) is 7.63. The van der Waals surface area contributed by atoms with Gasteiger partial charge in [0, 0.05) is 36.3 Å². The van der Waals surface area contributed by atoms with Gasteiger partial charge in [0.2, 0.25) is 11.9 Å². The maximum atomic E-state index is 13.2. The molecular formula is C16H21F2N5. The van der Waals surface area contributed by atoms with Crippen molar-refractivity contribution in [3.05, 3.63) is 29.2 Å². The van der Waals surface area contributed by atoms with E-state index in [1.54, 1.807) is 4.68 Å². The highest BCUT2D eigenvalue weighted by atomic mass is 19.3. The third-order valence-electron chi connectivity index (χ3n) is 4.12. The number of anilines is 1.